The first-order chi connectivity index (χ1) is 13.3. The second-order valence-electron chi connectivity index (χ2n) is 8.93. The van der Waals surface area contributed by atoms with Gasteiger partial charge in [-0.25, -0.2) is 4.39 Å². The van der Waals surface area contributed by atoms with E-state index in [1.807, 2.05) is 41.5 Å². The molecule has 0 atom stereocenters. The minimum Gasteiger partial charge on any atom is -0.507 e. The number of hydrazine groups is 1. The van der Waals surface area contributed by atoms with Gasteiger partial charge in [-0.15, -0.1) is 0 Å². The van der Waals surface area contributed by atoms with E-state index in [0.717, 1.165) is 0 Å². The van der Waals surface area contributed by atoms with Crippen molar-refractivity contribution in [1.82, 2.24) is 10.9 Å². The average Bonchev–Trinajstić information content (AvgIpc) is 2.60. The van der Waals surface area contributed by atoms with E-state index < -0.39 is 11.7 Å². The standard InChI is InChI=1S/C22H28FN3O2S/c1-21(2,3)14-11-13(12-15(18(14)27)22(4,5)6)19(28)25-26-20(29)24-17-10-8-7-9-16(17)23/h7-12,27H,1-6H3,(H,25,28)(H2,24,26,29). The molecule has 7 heteroatoms. The molecular weight excluding hydrogens is 389 g/mol. The average molecular weight is 418 g/mol. The number of carbonyl (C=O) groups is 1. The van der Waals surface area contributed by atoms with E-state index in [1.165, 1.54) is 12.1 Å². The Hall–Kier alpha value is -2.67. The van der Waals surface area contributed by atoms with Gasteiger partial charge in [0.2, 0.25) is 0 Å². The van der Waals surface area contributed by atoms with E-state index in [9.17, 15) is 14.3 Å². The van der Waals surface area contributed by atoms with Gasteiger partial charge in [-0.1, -0.05) is 53.7 Å². The van der Waals surface area contributed by atoms with E-state index in [-0.39, 0.29) is 27.4 Å². The van der Waals surface area contributed by atoms with E-state index >= 15 is 0 Å². The lowest BCUT2D eigenvalue weighted by molar-refractivity contribution is 0.0944. The van der Waals surface area contributed by atoms with Crippen LogP contribution in [0.4, 0.5) is 10.1 Å². The summed E-state index contributed by atoms with van der Waals surface area (Å²) in [6.45, 7) is 11.8. The van der Waals surface area contributed by atoms with Crippen molar-refractivity contribution in [1.29, 1.82) is 0 Å². The number of rotatable bonds is 2. The van der Waals surface area contributed by atoms with Crippen LogP contribution < -0.4 is 16.2 Å². The summed E-state index contributed by atoms with van der Waals surface area (Å²) in [5.41, 5.74) is 6.35. The third-order valence-electron chi connectivity index (χ3n) is 4.40. The van der Waals surface area contributed by atoms with Crippen molar-refractivity contribution in [2.75, 3.05) is 5.32 Å². The minimum absolute atomic E-state index is 0.0503. The van der Waals surface area contributed by atoms with Crippen molar-refractivity contribution in [3.8, 4) is 5.75 Å². The molecule has 0 aliphatic carbocycles. The Morgan fingerprint density at radius 3 is 1.97 bits per heavy atom. The highest BCUT2D eigenvalue weighted by molar-refractivity contribution is 7.80. The normalized spacial score (nSPS) is 11.7. The Labute approximate surface area is 176 Å². The summed E-state index contributed by atoms with van der Waals surface area (Å²) in [7, 11) is 0. The second-order valence-corrected chi connectivity index (χ2v) is 9.34. The Kier molecular flexibility index (Phi) is 6.53. The maximum absolute atomic E-state index is 13.7. The highest BCUT2D eigenvalue weighted by atomic mass is 32.1. The number of nitrogens with one attached hydrogen (secondary N) is 3. The minimum atomic E-state index is -0.453. The number of aromatic hydroxyl groups is 1. The molecule has 29 heavy (non-hydrogen) atoms. The highest BCUT2D eigenvalue weighted by Crippen LogP contribution is 2.39. The lowest BCUT2D eigenvalue weighted by Crippen LogP contribution is -2.44. The number of halogens is 1. The predicted octanol–water partition coefficient (Wildman–Crippen LogP) is 4.76. The largest absolute Gasteiger partial charge is 0.507 e. The number of amides is 1. The van der Waals surface area contributed by atoms with Crippen LogP contribution in [0.25, 0.3) is 0 Å². The molecule has 0 aliphatic heterocycles. The number of anilines is 1. The van der Waals surface area contributed by atoms with Gasteiger partial charge in [0.05, 0.1) is 5.69 Å². The molecule has 0 unspecified atom stereocenters. The molecular formula is C22H28FN3O2S. The summed E-state index contributed by atoms with van der Waals surface area (Å²) >= 11 is 5.11. The molecule has 0 spiro atoms. The van der Waals surface area contributed by atoms with Gasteiger partial charge in [0.1, 0.15) is 11.6 Å². The SMILES string of the molecule is CC(C)(C)c1cc(C(=O)NNC(=S)Nc2ccccc2F)cc(C(C)(C)C)c1O. The molecule has 2 aromatic carbocycles. The van der Waals surface area contributed by atoms with E-state index in [1.54, 1.807) is 24.3 Å². The van der Waals surface area contributed by atoms with Crippen LogP contribution in [0.1, 0.15) is 63.0 Å². The zero-order valence-electron chi connectivity index (χ0n) is 17.6. The smallest absolute Gasteiger partial charge is 0.269 e. The molecule has 0 aliphatic rings. The molecule has 0 radical (unpaired) electrons. The highest BCUT2D eigenvalue weighted by Gasteiger charge is 2.27. The summed E-state index contributed by atoms with van der Waals surface area (Å²) in [4.78, 5) is 12.7. The number of benzene rings is 2. The van der Waals surface area contributed by atoms with Crippen molar-refractivity contribution in [2.45, 2.75) is 52.4 Å². The van der Waals surface area contributed by atoms with Crippen LogP contribution in [0, 0.1) is 5.82 Å². The molecule has 1 amide bonds. The van der Waals surface area contributed by atoms with Crippen molar-refractivity contribution in [3.63, 3.8) is 0 Å². The van der Waals surface area contributed by atoms with Crippen LogP contribution in [-0.4, -0.2) is 16.1 Å². The number of hydrogen-bond acceptors (Lipinski definition) is 3. The fourth-order valence-electron chi connectivity index (χ4n) is 2.81. The van der Waals surface area contributed by atoms with Crippen LogP contribution >= 0.6 is 12.2 Å². The predicted molar refractivity (Wildman–Crippen MR) is 119 cm³/mol. The van der Waals surface area contributed by atoms with Crippen LogP contribution in [0.2, 0.25) is 0 Å². The number of thiocarbonyl (C=S) groups is 1. The zero-order chi connectivity index (χ0) is 22.0. The van der Waals surface area contributed by atoms with Crippen molar-refractivity contribution < 1.29 is 14.3 Å². The van der Waals surface area contributed by atoms with Gasteiger partial charge >= 0.3 is 0 Å². The van der Waals surface area contributed by atoms with Crippen molar-refractivity contribution >= 4 is 28.9 Å². The van der Waals surface area contributed by atoms with Gasteiger partial charge in [-0.3, -0.25) is 15.6 Å². The molecule has 2 aromatic rings. The van der Waals surface area contributed by atoms with Crippen LogP contribution in [-0.2, 0) is 10.8 Å². The molecule has 156 valence electrons. The lowest BCUT2D eigenvalue weighted by atomic mass is 9.78. The second kappa shape index (κ2) is 8.37. The number of para-hydroxylation sites is 1. The summed E-state index contributed by atoms with van der Waals surface area (Å²) in [6, 6.07) is 9.44. The molecule has 5 nitrogen and oxygen atoms in total. The Balaban J connectivity index is 2.22. The fraction of sp³-hybridized carbons (Fsp3) is 0.364. The Morgan fingerprint density at radius 1 is 0.966 bits per heavy atom. The van der Waals surface area contributed by atoms with Crippen molar-refractivity contribution in [3.05, 3.63) is 58.9 Å². The quantitative estimate of drug-likeness (QED) is 0.419. The molecule has 2 rings (SSSR count). The molecule has 0 aromatic heterocycles. The third-order valence-corrected chi connectivity index (χ3v) is 4.60. The first kappa shape index (κ1) is 22.6. The first-order valence-electron chi connectivity index (χ1n) is 9.30. The third kappa shape index (κ3) is 5.67. The lowest BCUT2D eigenvalue weighted by Gasteiger charge is -2.28. The maximum atomic E-state index is 13.7. The van der Waals surface area contributed by atoms with Crippen LogP contribution in [0.15, 0.2) is 36.4 Å². The fourth-order valence-corrected chi connectivity index (χ4v) is 2.97. The van der Waals surface area contributed by atoms with E-state index in [4.69, 9.17) is 12.2 Å². The zero-order valence-corrected chi connectivity index (χ0v) is 18.4. The van der Waals surface area contributed by atoms with Crippen LogP contribution in [0.3, 0.4) is 0 Å². The number of hydrogen-bond donors (Lipinski definition) is 4. The Bertz CT molecular complexity index is 895. The monoisotopic (exact) mass is 417 g/mol. The van der Waals surface area contributed by atoms with Crippen LogP contribution in [0.5, 0.6) is 5.75 Å². The van der Waals surface area contributed by atoms with Gasteiger partial charge in [-0.2, -0.15) is 0 Å². The van der Waals surface area contributed by atoms with E-state index in [2.05, 4.69) is 16.2 Å². The molecule has 0 fully saturated rings. The van der Waals surface area contributed by atoms with Gasteiger partial charge in [0, 0.05) is 16.7 Å². The summed E-state index contributed by atoms with van der Waals surface area (Å²) in [5, 5.41) is 13.5. The molecule has 0 heterocycles. The van der Waals surface area contributed by atoms with Gasteiger partial charge in [0.15, 0.2) is 5.11 Å². The van der Waals surface area contributed by atoms with E-state index in [0.29, 0.717) is 16.7 Å². The summed E-state index contributed by atoms with van der Waals surface area (Å²) in [5.74, 6) is -0.670. The molecule has 0 bridgehead atoms. The molecule has 4 N–H and O–H groups in total. The summed E-state index contributed by atoms with van der Waals surface area (Å²) < 4.78 is 13.7. The number of phenolic OH excluding ortho intramolecular Hbond substituents is 1. The topological polar surface area (TPSA) is 73.4 Å². The summed E-state index contributed by atoms with van der Waals surface area (Å²) in [6.07, 6.45) is 0. The van der Waals surface area contributed by atoms with Gasteiger partial charge in [-0.05, 0) is 47.3 Å². The maximum Gasteiger partial charge on any atom is 0.269 e. The Morgan fingerprint density at radius 2 is 1.48 bits per heavy atom. The number of carbonyl (C=O) groups excluding carboxylic acids is 1. The molecule has 0 saturated heterocycles. The van der Waals surface area contributed by atoms with Gasteiger partial charge in [0.25, 0.3) is 5.91 Å². The first-order valence-corrected chi connectivity index (χ1v) is 9.71. The molecule has 0 saturated carbocycles. The van der Waals surface area contributed by atoms with Gasteiger partial charge < -0.3 is 10.4 Å². The van der Waals surface area contributed by atoms with Crippen molar-refractivity contribution in [2.24, 2.45) is 0 Å². The number of phenols is 1.